The third-order valence-electron chi connectivity index (χ3n) is 3.77. The second-order valence-corrected chi connectivity index (χ2v) is 5.24. The lowest BCUT2D eigenvalue weighted by atomic mass is 9.90. The molecule has 1 heterocycles. The van der Waals surface area contributed by atoms with Crippen molar-refractivity contribution in [3.8, 4) is 0 Å². The van der Waals surface area contributed by atoms with Gasteiger partial charge < -0.3 is 4.90 Å². The lowest BCUT2D eigenvalue weighted by Gasteiger charge is -2.26. The summed E-state index contributed by atoms with van der Waals surface area (Å²) in [4.78, 5) is 2.12. The van der Waals surface area contributed by atoms with E-state index in [-0.39, 0.29) is 6.04 Å². The van der Waals surface area contributed by atoms with E-state index >= 15 is 0 Å². The quantitative estimate of drug-likeness (QED) is 0.802. The van der Waals surface area contributed by atoms with Crippen molar-refractivity contribution >= 4 is 5.69 Å². The summed E-state index contributed by atoms with van der Waals surface area (Å²) in [5, 5.41) is 4.80. The van der Waals surface area contributed by atoms with Gasteiger partial charge in [-0.2, -0.15) is 0 Å². The molecule has 2 aromatic rings. The van der Waals surface area contributed by atoms with Gasteiger partial charge in [-0.15, -0.1) is 0 Å². The van der Waals surface area contributed by atoms with Crippen LogP contribution in [0.5, 0.6) is 0 Å². The fourth-order valence-electron chi connectivity index (χ4n) is 2.68. The van der Waals surface area contributed by atoms with Crippen molar-refractivity contribution in [3.63, 3.8) is 0 Å². The molecule has 2 heteroatoms. The molecule has 1 unspecified atom stereocenters. The molecule has 1 atom stereocenters. The van der Waals surface area contributed by atoms with Crippen molar-refractivity contribution in [2.45, 2.75) is 12.5 Å². The molecule has 19 heavy (non-hydrogen) atoms. The summed E-state index contributed by atoms with van der Waals surface area (Å²) in [6.07, 6.45) is 1.07. The van der Waals surface area contributed by atoms with E-state index in [4.69, 9.17) is 5.32 Å². The van der Waals surface area contributed by atoms with Crippen molar-refractivity contribution in [1.29, 1.82) is 0 Å². The average Bonchev–Trinajstić information content (AvgIpc) is 2.47. The summed E-state index contributed by atoms with van der Waals surface area (Å²) in [7, 11) is 4.13. The predicted molar refractivity (Wildman–Crippen MR) is 79.8 cm³/mol. The normalized spacial score (nSPS) is 17.9. The highest BCUT2D eigenvalue weighted by Gasteiger charge is 2.21. The lowest BCUT2D eigenvalue weighted by Crippen LogP contribution is -2.24. The molecule has 0 saturated carbocycles. The van der Waals surface area contributed by atoms with Crippen LogP contribution in [0.15, 0.2) is 48.5 Å². The van der Waals surface area contributed by atoms with Gasteiger partial charge in [-0.3, -0.25) is 0 Å². The first-order valence-corrected chi connectivity index (χ1v) is 6.77. The van der Waals surface area contributed by atoms with Gasteiger partial charge in [0, 0.05) is 26.3 Å². The SMILES string of the molecule is CN(C)c1ccc(C2[N]CCc3ccccc32)cc1. The van der Waals surface area contributed by atoms with E-state index in [0.29, 0.717) is 0 Å². The van der Waals surface area contributed by atoms with E-state index in [1.807, 2.05) is 0 Å². The summed E-state index contributed by atoms with van der Waals surface area (Å²) in [5.74, 6) is 0. The molecule has 97 valence electrons. The van der Waals surface area contributed by atoms with E-state index < -0.39 is 0 Å². The first-order chi connectivity index (χ1) is 9.25. The van der Waals surface area contributed by atoms with Crippen LogP contribution < -0.4 is 10.2 Å². The van der Waals surface area contributed by atoms with Crippen molar-refractivity contribution in [2.75, 3.05) is 25.5 Å². The standard InChI is InChI=1S/C17H19N2/c1-19(2)15-9-7-14(8-10-15)17-16-6-4-3-5-13(16)11-12-18-17/h3-10,17H,11-12H2,1-2H3. The lowest BCUT2D eigenvalue weighted by molar-refractivity contribution is 0.555. The Balaban J connectivity index is 1.95. The Kier molecular flexibility index (Phi) is 3.26. The minimum Gasteiger partial charge on any atom is -0.378 e. The van der Waals surface area contributed by atoms with E-state index in [2.05, 4.69) is 67.5 Å². The van der Waals surface area contributed by atoms with Crippen LogP contribution in [0.1, 0.15) is 22.7 Å². The number of anilines is 1. The smallest absolute Gasteiger partial charge is 0.0748 e. The molecular formula is C17H19N2. The topological polar surface area (TPSA) is 17.3 Å². The zero-order valence-electron chi connectivity index (χ0n) is 11.5. The van der Waals surface area contributed by atoms with E-state index in [9.17, 15) is 0 Å². The zero-order valence-corrected chi connectivity index (χ0v) is 11.5. The molecule has 0 spiro atoms. The summed E-state index contributed by atoms with van der Waals surface area (Å²) >= 11 is 0. The van der Waals surface area contributed by atoms with Crippen LogP contribution in [-0.2, 0) is 6.42 Å². The average molecular weight is 251 g/mol. The molecule has 0 aliphatic carbocycles. The van der Waals surface area contributed by atoms with E-state index in [0.717, 1.165) is 13.0 Å². The van der Waals surface area contributed by atoms with Crippen molar-refractivity contribution in [3.05, 3.63) is 65.2 Å². The van der Waals surface area contributed by atoms with Gasteiger partial charge >= 0.3 is 0 Å². The highest BCUT2D eigenvalue weighted by Crippen LogP contribution is 2.30. The third kappa shape index (κ3) is 2.36. The fourth-order valence-corrected chi connectivity index (χ4v) is 2.68. The van der Waals surface area contributed by atoms with Crippen LogP contribution in [0, 0.1) is 0 Å². The largest absolute Gasteiger partial charge is 0.378 e. The minimum atomic E-state index is 0.209. The Morgan fingerprint density at radius 1 is 1.00 bits per heavy atom. The van der Waals surface area contributed by atoms with E-state index in [1.54, 1.807) is 0 Å². The van der Waals surface area contributed by atoms with Gasteiger partial charge in [0.25, 0.3) is 0 Å². The van der Waals surface area contributed by atoms with Crippen molar-refractivity contribution in [1.82, 2.24) is 5.32 Å². The van der Waals surface area contributed by atoms with Gasteiger partial charge in [0.1, 0.15) is 0 Å². The molecule has 0 bridgehead atoms. The summed E-state index contributed by atoms with van der Waals surface area (Å²) < 4.78 is 0. The Morgan fingerprint density at radius 2 is 1.74 bits per heavy atom. The molecule has 2 nitrogen and oxygen atoms in total. The zero-order chi connectivity index (χ0) is 13.2. The molecule has 0 saturated heterocycles. The highest BCUT2D eigenvalue weighted by molar-refractivity contribution is 5.48. The first kappa shape index (κ1) is 12.2. The molecule has 0 aromatic heterocycles. The molecule has 0 N–H and O–H groups in total. The Labute approximate surface area is 115 Å². The first-order valence-electron chi connectivity index (χ1n) is 6.77. The minimum absolute atomic E-state index is 0.209. The Morgan fingerprint density at radius 3 is 2.47 bits per heavy atom. The third-order valence-corrected chi connectivity index (χ3v) is 3.77. The second kappa shape index (κ2) is 5.06. The monoisotopic (exact) mass is 251 g/mol. The Hall–Kier alpha value is -1.80. The number of fused-ring (bicyclic) bond motifs is 1. The van der Waals surface area contributed by atoms with Crippen LogP contribution >= 0.6 is 0 Å². The number of benzene rings is 2. The second-order valence-electron chi connectivity index (χ2n) is 5.24. The maximum Gasteiger partial charge on any atom is 0.0748 e. The highest BCUT2D eigenvalue weighted by atomic mass is 15.1. The van der Waals surface area contributed by atoms with Gasteiger partial charge in [0.05, 0.1) is 6.04 Å². The summed E-state index contributed by atoms with van der Waals surface area (Å²) in [6.45, 7) is 0.928. The number of nitrogens with zero attached hydrogens (tertiary/aromatic N) is 2. The molecular weight excluding hydrogens is 232 g/mol. The van der Waals surface area contributed by atoms with Gasteiger partial charge in [-0.25, -0.2) is 5.32 Å². The van der Waals surface area contributed by atoms with Crippen LogP contribution in [-0.4, -0.2) is 20.6 Å². The molecule has 1 radical (unpaired) electrons. The van der Waals surface area contributed by atoms with E-state index in [1.165, 1.54) is 22.4 Å². The molecule has 1 aliphatic rings. The summed E-state index contributed by atoms with van der Waals surface area (Å²) in [5.41, 5.74) is 5.33. The summed E-state index contributed by atoms with van der Waals surface area (Å²) in [6, 6.07) is 17.6. The van der Waals surface area contributed by atoms with Crippen LogP contribution in [0.2, 0.25) is 0 Å². The van der Waals surface area contributed by atoms with Gasteiger partial charge in [-0.1, -0.05) is 36.4 Å². The molecule has 0 amide bonds. The maximum absolute atomic E-state index is 4.80. The number of hydrogen-bond acceptors (Lipinski definition) is 1. The molecule has 1 aliphatic heterocycles. The van der Waals surface area contributed by atoms with Crippen LogP contribution in [0.3, 0.4) is 0 Å². The number of rotatable bonds is 2. The fraction of sp³-hybridized carbons (Fsp3) is 0.294. The van der Waals surface area contributed by atoms with Crippen molar-refractivity contribution in [2.24, 2.45) is 0 Å². The van der Waals surface area contributed by atoms with Crippen LogP contribution in [0.4, 0.5) is 5.69 Å². The van der Waals surface area contributed by atoms with Crippen molar-refractivity contribution < 1.29 is 0 Å². The van der Waals surface area contributed by atoms with Gasteiger partial charge in [0.15, 0.2) is 0 Å². The van der Waals surface area contributed by atoms with Gasteiger partial charge in [-0.05, 0) is 35.2 Å². The van der Waals surface area contributed by atoms with Crippen LogP contribution in [0.25, 0.3) is 0 Å². The Bertz CT molecular complexity index is 558. The number of hydrogen-bond donors (Lipinski definition) is 0. The molecule has 2 aromatic carbocycles. The molecule has 3 rings (SSSR count). The molecule has 0 fully saturated rings. The maximum atomic E-state index is 4.80. The van der Waals surface area contributed by atoms with Gasteiger partial charge in [0.2, 0.25) is 0 Å². The predicted octanol–water partition coefficient (Wildman–Crippen LogP) is 3.00.